The summed E-state index contributed by atoms with van der Waals surface area (Å²) in [7, 11) is 0. The SMILES string of the molecule is O=C(CN1CCN(Cc2ccc(F)cc2Cl)CC1)Nc1cccc(C(F)(F)F)c1. The van der Waals surface area contributed by atoms with E-state index in [1.807, 2.05) is 4.90 Å². The van der Waals surface area contributed by atoms with Gasteiger partial charge in [0, 0.05) is 43.4 Å². The third-order valence-electron chi connectivity index (χ3n) is 4.71. The van der Waals surface area contributed by atoms with E-state index in [1.54, 1.807) is 6.07 Å². The number of nitrogens with zero attached hydrogens (tertiary/aromatic N) is 2. The zero-order valence-corrected chi connectivity index (χ0v) is 16.2. The Morgan fingerprint density at radius 1 is 1.03 bits per heavy atom. The Morgan fingerprint density at radius 3 is 2.38 bits per heavy atom. The summed E-state index contributed by atoms with van der Waals surface area (Å²) in [6.45, 7) is 3.35. The molecule has 1 aliphatic rings. The fourth-order valence-electron chi connectivity index (χ4n) is 3.17. The van der Waals surface area contributed by atoms with Gasteiger partial charge in [-0.3, -0.25) is 14.6 Å². The van der Waals surface area contributed by atoms with Crippen molar-refractivity contribution in [3.8, 4) is 0 Å². The number of nitrogens with one attached hydrogen (secondary N) is 1. The normalized spacial score (nSPS) is 16.0. The van der Waals surface area contributed by atoms with Gasteiger partial charge in [-0.25, -0.2) is 4.39 Å². The molecule has 3 rings (SSSR count). The number of amides is 1. The van der Waals surface area contributed by atoms with Gasteiger partial charge in [-0.2, -0.15) is 13.2 Å². The smallest absolute Gasteiger partial charge is 0.325 e. The highest BCUT2D eigenvalue weighted by molar-refractivity contribution is 6.31. The van der Waals surface area contributed by atoms with Gasteiger partial charge in [0.15, 0.2) is 0 Å². The van der Waals surface area contributed by atoms with Gasteiger partial charge in [0.05, 0.1) is 12.1 Å². The number of anilines is 1. The van der Waals surface area contributed by atoms with Gasteiger partial charge in [-0.05, 0) is 35.9 Å². The Hall–Kier alpha value is -2.16. The lowest BCUT2D eigenvalue weighted by molar-refractivity contribution is -0.137. The van der Waals surface area contributed by atoms with Crippen molar-refractivity contribution in [2.45, 2.75) is 12.7 Å². The molecule has 0 atom stereocenters. The molecule has 156 valence electrons. The first kappa shape index (κ1) is 21.5. The molecule has 2 aromatic rings. The number of alkyl halides is 3. The maximum absolute atomic E-state index is 13.1. The number of carbonyl (C=O) groups is 1. The fraction of sp³-hybridized carbons (Fsp3) is 0.350. The minimum absolute atomic E-state index is 0.0986. The number of benzene rings is 2. The van der Waals surface area contributed by atoms with E-state index >= 15 is 0 Å². The van der Waals surface area contributed by atoms with E-state index in [0.717, 1.165) is 17.7 Å². The molecule has 1 aliphatic heterocycles. The number of carbonyl (C=O) groups excluding carboxylic acids is 1. The Kier molecular flexibility index (Phi) is 6.77. The average molecular weight is 430 g/mol. The third kappa shape index (κ3) is 6.16. The van der Waals surface area contributed by atoms with Gasteiger partial charge >= 0.3 is 6.18 Å². The van der Waals surface area contributed by atoms with E-state index < -0.39 is 11.7 Å². The molecule has 2 aromatic carbocycles. The van der Waals surface area contributed by atoms with Crippen molar-refractivity contribution in [1.82, 2.24) is 9.80 Å². The summed E-state index contributed by atoms with van der Waals surface area (Å²) in [5.41, 5.74) is 0.154. The molecular formula is C20H20ClF4N3O. The van der Waals surface area contributed by atoms with Crippen molar-refractivity contribution < 1.29 is 22.4 Å². The molecule has 0 saturated carbocycles. The van der Waals surface area contributed by atoms with Crippen LogP contribution in [0.1, 0.15) is 11.1 Å². The van der Waals surface area contributed by atoms with Crippen LogP contribution >= 0.6 is 11.6 Å². The first-order chi connectivity index (χ1) is 13.7. The summed E-state index contributed by atoms with van der Waals surface area (Å²) >= 11 is 6.06. The quantitative estimate of drug-likeness (QED) is 0.722. The molecule has 1 fully saturated rings. The number of hydrogen-bond acceptors (Lipinski definition) is 3. The predicted molar refractivity (Wildman–Crippen MR) is 103 cm³/mol. The molecule has 1 amide bonds. The Morgan fingerprint density at radius 2 is 1.72 bits per heavy atom. The molecule has 9 heteroatoms. The second-order valence-corrected chi connectivity index (χ2v) is 7.32. The number of rotatable bonds is 5. The molecule has 0 spiro atoms. The highest BCUT2D eigenvalue weighted by Crippen LogP contribution is 2.30. The maximum Gasteiger partial charge on any atom is 0.416 e. The lowest BCUT2D eigenvalue weighted by Gasteiger charge is -2.34. The molecule has 1 saturated heterocycles. The zero-order valence-electron chi connectivity index (χ0n) is 15.5. The van der Waals surface area contributed by atoms with E-state index in [1.165, 1.54) is 24.3 Å². The third-order valence-corrected chi connectivity index (χ3v) is 5.07. The van der Waals surface area contributed by atoms with Gasteiger partial charge < -0.3 is 5.32 Å². The monoisotopic (exact) mass is 429 g/mol. The zero-order chi connectivity index (χ0) is 21.0. The van der Waals surface area contributed by atoms with Crippen molar-refractivity contribution in [3.05, 3.63) is 64.4 Å². The second-order valence-electron chi connectivity index (χ2n) is 6.91. The molecule has 0 aromatic heterocycles. The average Bonchev–Trinajstić information content (AvgIpc) is 2.65. The minimum Gasteiger partial charge on any atom is -0.325 e. The lowest BCUT2D eigenvalue weighted by atomic mass is 10.2. The molecule has 0 bridgehead atoms. The number of hydrogen-bond donors (Lipinski definition) is 1. The van der Waals surface area contributed by atoms with Crippen molar-refractivity contribution in [3.63, 3.8) is 0 Å². The summed E-state index contributed by atoms with van der Waals surface area (Å²) < 4.78 is 51.4. The predicted octanol–water partition coefficient (Wildman–Crippen LogP) is 4.25. The Balaban J connectivity index is 1.47. The molecule has 4 nitrogen and oxygen atoms in total. The van der Waals surface area contributed by atoms with E-state index in [4.69, 9.17) is 11.6 Å². The van der Waals surface area contributed by atoms with Gasteiger partial charge in [0.1, 0.15) is 5.82 Å². The number of piperazine rings is 1. The van der Waals surface area contributed by atoms with E-state index in [0.29, 0.717) is 37.7 Å². The van der Waals surface area contributed by atoms with Crippen LogP contribution in [0.2, 0.25) is 5.02 Å². The first-order valence-corrected chi connectivity index (χ1v) is 9.44. The van der Waals surface area contributed by atoms with Crippen molar-refractivity contribution >= 4 is 23.2 Å². The summed E-state index contributed by atoms with van der Waals surface area (Å²) in [6, 6.07) is 8.88. The van der Waals surface area contributed by atoms with E-state index in [2.05, 4.69) is 10.2 Å². The highest BCUT2D eigenvalue weighted by Gasteiger charge is 2.30. The van der Waals surface area contributed by atoms with Crippen molar-refractivity contribution in [2.75, 3.05) is 38.0 Å². The Labute approximate surface area is 171 Å². The topological polar surface area (TPSA) is 35.6 Å². The molecule has 0 radical (unpaired) electrons. The van der Waals surface area contributed by atoms with Crippen LogP contribution in [0.15, 0.2) is 42.5 Å². The summed E-state index contributed by atoms with van der Waals surface area (Å²) in [5.74, 6) is -0.741. The second kappa shape index (κ2) is 9.11. The highest BCUT2D eigenvalue weighted by atomic mass is 35.5. The van der Waals surface area contributed by atoms with Crippen LogP contribution in [0.5, 0.6) is 0 Å². The maximum atomic E-state index is 13.1. The van der Waals surface area contributed by atoms with Crippen LogP contribution < -0.4 is 5.32 Å². The molecule has 0 unspecified atom stereocenters. The molecule has 29 heavy (non-hydrogen) atoms. The van der Waals surface area contributed by atoms with E-state index in [-0.39, 0.29) is 24.0 Å². The van der Waals surface area contributed by atoms with Crippen molar-refractivity contribution in [2.24, 2.45) is 0 Å². The van der Waals surface area contributed by atoms with Crippen LogP contribution in [0, 0.1) is 5.82 Å². The Bertz CT molecular complexity index is 867. The van der Waals surface area contributed by atoms with Crippen LogP contribution in [0.4, 0.5) is 23.2 Å². The van der Waals surface area contributed by atoms with E-state index in [9.17, 15) is 22.4 Å². The van der Waals surface area contributed by atoms with Gasteiger partial charge in [0.2, 0.25) is 5.91 Å². The first-order valence-electron chi connectivity index (χ1n) is 9.06. The standard InChI is InChI=1S/C20H20ClF4N3O/c21-18-11-16(22)5-4-14(18)12-27-6-8-28(9-7-27)13-19(29)26-17-3-1-2-15(10-17)20(23,24)25/h1-5,10-11H,6-9,12-13H2,(H,26,29). The molecular weight excluding hydrogens is 410 g/mol. The molecule has 1 N–H and O–H groups in total. The minimum atomic E-state index is -4.45. The van der Waals surface area contributed by atoms with Crippen LogP contribution in [-0.4, -0.2) is 48.4 Å². The summed E-state index contributed by atoms with van der Waals surface area (Å²) in [5, 5.41) is 2.90. The van der Waals surface area contributed by atoms with Crippen LogP contribution in [0.25, 0.3) is 0 Å². The molecule has 1 heterocycles. The van der Waals surface area contributed by atoms with Crippen molar-refractivity contribution in [1.29, 1.82) is 0 Å². The summed E-state index contributed by atoms with van der Waals surface area (Å²) in [6.07, 6.45) is -4.45. The summed E-state index contributed by atoms with van der Waals surface area (Å²) in [4.78, 5) is 16.3. The van der Waals surface area contributed by atoms with Crippen LogP contribution in [-0.2, 0) is 17.5 Å². The lowest BCUT2D eigenvalue weighted by Crippen LogP contribution is -2.48. The van der Waals surface area contributed by atoms with Gasteiger partial charge in [-0.15, -0.1) is 0 Å². The molecule has 0 aliphatic carbocycles. The van der Waals surface area contributed by atoms with Crippen LogP contribution in [0.3, 0.4) is 0 Å². The fourth-order valence-corrected chi connectivity index (χ4v) is 3.40. The van der Waals surface area contributed by atoms with Gasteiger partial charge in [0.25, 0.3) is 0 Å². The number of halogens is 5. The van der Waals surface area contributed by atoms with Gasteiger partial charge in [-0.1, -0.05) is 23.7 Å². The largest absolute Gasteiger partial charge is 0.416 e.